The van der Waals surface area contributed by atoms with Crippen LogP contribution in [0.3, 0.4) is 0 Å². The van der Waals surface area contributed by atoms with Gasteiger partial charge in [0.25, 0.3) is 0 Å². The highest BCUT2D eigenvalue weighted by molar-refractivity contribution is 6.25. The Morgan fingerprint density at radius 3 is 2.68 bits per heavy atom. The second kappa shape index (κ2) is 3.93. The molecule has 19 heavy (non-hydrogen) atoms. The Kier molecular flexibility index (Phi) is 2.36. The van der Waals surface area contributed by atoms with Gasteiger partial charge in [-0.3, -0.25) is 9.59 Å². The number of nitrogens with zero attached hydrogens (tertiary/aromatic N) is 5. The normalized spacial score (nSPS) is 17.2. The fourth-order valence-corrected chi connectivity index (χ4v) is 2.07. The van der Waals surface area contributed by atoms with Crippen molar-refractivity contribution in [2.75, 3.05) is 13.1 Å². The number of aryl methyl sites for hydroxylation is 1. The van der Waals surface area contributed by atoms with Crippen LogP contribution in [0.1, 0.15) is 26.5 Å². The molecule has 0 saturated carbocycles. The number of hydrogen-bond donors (Lipinski definition) is 0. The lowest BCUT2D eigenvalue weighted by Crippen LogP contribution is -2.26. The first-order chi connectivity index (χ1) is 9.13. The van der Waals surface area contributed by atoms with Gasteiger partial charge in [-0.05, 0) is 24.6 Å². The predicted molar refractivity (Wildman–Crippen MR) is 65.4 cm³/mol. The van der Waals surface area contributed by atoms with E-state index in [1.165, 1.54) is 0 Å². The number of carbonyl (C=O) groups is 2. The number of allylic oxidation sites excluding steroid dienone is 2. The van der Waals surface area contributed by atoms with Crippen molar-refractivity contribution in [3.63, 3.8) is 0 Å². The molecular formula is C12H9N5O2. The van der Waals surface area contributed by atoms with E-state index in [1.807, 2.05) is 0 Å². The SMILES string of the molecule is Cc1ccc2c(n1)C(=O)C(N=[N+]=[N-])=C(N1CC1)C2=O. The zero-order valence-electron chi connectivity index (χ0n) is 10.1. The smallest absolute Gasteiger partial charge is 0.216 e. The van der Waals surface area contributed by atoms with Crippen molar-refractivity contribution < 1.29 is 9.59 Å². The summed E-state index contributed by atoms with van der Waals surface area (Å²) in [7, 11) is 0. The van der Waals surface area contributed by atoms with E-state index in [9.17, 15) is 9.59 Å². The molecule has 7 heteroatoms. The Morgan fingerprint density at radius 2 is 2.05 bits per heavy atom. The molecule has 1 saturated heterocycles. The first-order valence-corrected chi connectivity index (χ1v) is 5.75. The maximum absolute atomic E-state index is 12.4. The summed E-state index contributed by atoms with van der Waals surface area (Å²) in [5.74, 6) is -0.792. The van der Waals surface area contributed by atoms with Crippen LogP contribution in [0.4, 0.5) is 0 Å². The van der Waals surface area contributed by atoms with Crippen molar-refractivity contribution in [2.45, 2.75) is 6.92 Å². The third kappa shape index (κ3) is 1.68. The van der Waals surface area contributed by atoms with Crippen molar-refractivity contribution in [3.05, 3.63) is 50.9 Å². The number of fused-ring (bicyclic) bond motifs is 1. The standard InChI is InChI=1S/C12H9N5O2/c1-6-2-3-7-8(14-6)12(19)9(15-16-13)10(11(7)18)17-4-5-17/h2-3H,4-5H2,1H3. The summed E-state index contributed by atoms with van der Waals surface area (Å²) >= 11 is 0. The number of azide groups is 1. The molecule has 1 aliphatic heterocycles. The fraction of sp³-hybridized carbons (Fsp3) is 0.250. The Labute approximate surface area is 108 Å². The lowest BCUT2D eigenvalue weighted by atomic mass is 9.94. The number of pyridine rings is 1. The average molecular weight is 255 g/mol. The molecule has 7 nitrogen and oxygen atoms in total. The summed E-state index contributed by atoms with van der Waals surface area (Å²) in [4.78, 5) is 33.1. The van der Waals surface area contributed by atoms with E-state index in [0.29, 0.717) is 18.8 Å². The molecule has 3 rings (SSSR count). The van der Waals surface area contributed by atoms with Crippen LogP contribution < -0.4 is 0 Å². The summed E-state index contributed by atoms with van der Waals surface area (Å²) in [5, 5.41) is 3.39. The molecule has 0 radical (unpaired) electrons. The highest BCUT2D eigenvalue weighted by Crippen LogP contribution is 2.31. The van der Waals surface area contributed by atoms with Crippen molar-refractivity contribution in [1.29, 1.82) is 0 Å². The maximum atomic E-state index is 12.4. The second-order valence-corrected chi connectivity index (χ2v) is 4.38. The second-order valence-electron chi connectivity index (χ2n) is 4.38. The molecule has 1 aromatic rings. The molecule has 1 fully saturated rings. The number of ketones is 2. The monoisotopic (exact) mass is 255 g/mol. The summed E-state index contributed by atoms with van der Waals surface area (Å²) in [5.41, 5.74) is 9.59. The van der Waals surface area contributed by atoms with Crippen LogP contribution >= 0.6 is 0 Å². The molecule has 0 aromatic carbocycles. The van der Waals surface area contributed by atoms with E-state index in [2.05, 4.69) is 15.0 Å². The van der Waals surface area contributed by atoms with Crippen molar-refractivity contribution in [3.8, 4) is 0 Å². The number of hydrogen-bond acceptors (Lipinski definition) is 5. The van der Waals surface area contributed by atoms with Crippen LogP contribution in [-0.4, -0.2) is 34.5 Å². The summed E-state index contributed by atoms with van der Waals surface area (Å²) < 4.78 is 0. The topological polar surface area (TPSA) is 98.8 Å². The third-order valence-electron chi connectivity index (χ3n) is 3.06. The van der Waals surface area contributed by atoms with Crippen molar-refractivity contribution in [1.82, 2.24) is 9.88 Å². The molecule has 1 aliphatic carbocycles. The molecular weight excluding hydrogens is 246 g/mol. The van der Waals surface area contributed by atoms with Crippen LogP contribution in [0.25, 0.3) is 10.4 Å². The largest absolute Gasteiger partial charge is 0.364 e. The van der Waals surface area contributed by atoms with E-state index in [1.54, 1.807) is 24.0 Å². The number of aromatic nitrogens is 1. The minimum absolute atomic E-state index is 0.0676. The zero-order chi connectivity index (χ0) is 13.6. The molecule has 0 unspecified atom stereocenters. The van der Waals surface area contributed by atoms with Crippen LogP contribution in [0.2, 0.25) is 0 Å². The molecule has 1 aromatic heterocycles. The van der Waals surface area contributed by atoms with Gasteiger partial charge >= 0.3 is 0 Å². The Balaban J connectivity index is 2.25. The van der Waals surface area contributed by atoms with E-state index < -0.39 is 5.78 Å². The highest BCUT2D eigenvalue weighted by Gasteiger charge is 2.38. The molecule has 2 heterocycles. The van der Waals surface area contributed by atoms with Crippen LogP contribution in [-0.2, 0) is 0 Å². The van der Waals surface area contributed by atoms with Gasteiger partial charge in [0.15, 0.2) is 0 Å². The van der Waals surface area contributed by atoms with Crippen LogP contribution in [0.5, 0.6) is 0 Å². The maximum Gasteiger partial charge on any atom is 0.216 e. The minimum Gasteiger partial charge on any atom is -0.364 e. The van der Waals surface area contributed by atoms with Crippen molar-refractivity contribution >= 4 is 11.6 Å². The fourth-order valence-electron chi connectivity index (χ4n) is 2.07. The van der Waals surface area contributed by atoms with E-state index in [-0.39, 0.29) is 28.4 Å². The average Bonchev–Trinajstić information content (AvgIpc) is 3.20. The van der Waals surface area contributed by atoms with Gasteiger partial charge < -0.3 is 4.90 Å². The Bertz CT molecular complexity index is 696. The Hall–Kier alpha value is -2.66. The lowest BCUT2D eigenvalue weighted by Gasteiger charge is -2.18. The van der Waals surface area contributed by atoms with Gasteiger partial charge in [-0.2, -0.15) is 0 Å². The number of Topliss-reactive ketones (excluding diaryl/α,β-unsaturated/α-hetero) is 2. The number of carbonyl (C=O) groups excluding carboxylic acids is 2. The lowest BCUT2D eigenvalue weighted by molar-refractivity contribution is 0.0955. The molecule has 0 spiro atoms. The first-order valence-electron chi connectivity index (χ1n) is 5.75. The zero-order valence-corrected chi connectivity index (χ0v) is 10.1. The van der Waals surface area contributed by atoms with E-state index >= 15 is 0 Å². The van der Waals surface area contributed by atoms with Crippen LogP contribution in [0.15, 0.2) is 28.6 Å². The first kappa shape index (κ1) is 11.4. The van der Waals surface area contributed by atoms with Crippen LogP contribution in [0, 0.1) is 6.92 Å². The quantitative estimate of drug-likeness (QED) is 0.347. The summed E-state index contributed by atoms with van der Waals surface area (Å²) in [6.45, 7) is 3.11. The predicted octanol–water partition coefficient (Wildman–Crippen LogP) is 1.61. The van der Waals surface area contributed by atoms with Crippen molar-refractivity contribution in [2.24, 2.45) is 5.11 Å². The third-order valence-corrected chi connectivity index (χ3v) is 3.06. The Morgan fingerprint density at radius 1 is 1.32 bits per heavy atom. The molecule has 0 amide bonds. The van der Waals surface area contributed by atoms with Gasteiger partial charge in [-0.1, -0.05) is 5.11 Å². The summed E-state index contributed by atoms with van der Waals surface area (Å²) in [6.07, 6.45) is 0. The molecule has 0 bridgehead atoms. The van der Waals surface area contributed by atoms with E-state index in [0.717, 1.165) is 0 Å². The molecule has 0 atom stereocenters. The van der Waals surface area contributed by atoms with Gasteiger partial charge in [-0.25, -0.2) is 4.98 Å². The van der Waals surface area contributed by atoms with Gasteiger partial charge in [0.1, 0.15) is 11.4 Å². The van der Waals surface area contributed by atoms with Gasteiger partial charge in [0.05, 0.1) is 11.3 Å². The summed E-state index contributed by atoms with van der Waals surface area (Å²) in [6, 6.07) is 3.27. The number of rotatable bonds is 2. The van der Waals surface area contributed by atoms with Gasteiger partial charge in [0.2, 0.25) is 11.6 Å². The highest BCUT2D eigenvalue weighted by atomic mass is 16.1. The minimum atomic E-state index is -0.488. The van der Waals surface area contributed by atoms with Gasteiger partial charge in [-0.15, -0.1) is 0 Å². The molecule has 0 N–H and O–H groups in total. The molecule has 2 aliphatic rings. The van der Waals surface area contributed by atoms with E-state index in [4.69, 9.17) is 5.53 Å². The van der Waals surface area contributed by atoms with Gasteiger partial charge in [0, 0.05) is 23.7 Å². The molecule has 94 valence electrons.